The molecule has 1 unspecified atom stereocenters. The monoisotopic (exact) mass is 354 g/mol. The third-order valence-corrected chi connectivity index (χ3v) is 3.38. The topological polar surface area (TPSA) is 15.3 Å². The van der Waals surface area contributed by atoms with Gasteiger partial charge in [0.1, 0.15) is 0 Å². The minimum atomic E-state index is 0.337. The van der Waals surface area contributed by atoms with E-state index in [9.17, 15) is 0 Å². The van der Waals surface area contributed by atoms with Gasteiger partial charge in [-0.1, -0.05) is 41.5 Å². The van der Waals surface area contributed by atoms with E-state index in [1.165, 1.54) is 12.8 Å². The van der Waals surface area contributed by atoms with Gasteiger partial charge in [0.15, 0.2) is 0 Å². The highest BCUT2D eigenvalue weighted by Gasteiger charge is 2.28. The van der Waals surface area contributed by atoms with Crippen LogP contribution in [0.3, 0.4) is 0 Å². The van der Waals surface area contributed by atoms with Crippen LogP contribution in [0.5, 0.6) is 0 Å². The highest BCUT2D eigenvalue weighted by atomic mass is 127. The summed E-state index contributed by atoms with van der Waals surface area (Å²) in [5.74, 6) is 0. The molecule has 0 saturated carbocycles. The van der Waals surface area contributed by atoms with E-state index in [1.54, 1.807) is 0 Å². The van der Waals surface area contributed by atoms with Crippen molar-refractivity contribution >= 4 is 22.9 Å². The average molecular weight is 354 g/mol. The predicted octanol–water partition coefficient (Wildman–Crippen LogP) is 4.10. The number of nitrogens with zero attached hydrogens (tertiary/aromatic N) is 1. The maximum absolute atomic E-state index is 3.74. The lowest BCUT2D eigenvalue weighted by atomic mass is 9.77. The first-order chi connectivity index (χ1) is 7.52. The van der Waals surface area contributed by atoms with Gasteiger partial charge in [-0.2, -0.15) is 0 Å². The molecule has 17 heavy (non-hydrogen) atoms. The van der Waals surface area contributed by atoms with Crippen LogP contribution in [0.4, 0.5) is 0 Å². The van der Waals surface area contributed by atoms with Gasteiger partial charge in [0.2, 0.25) is 0 Å². The van der Waals surface area contributed by atoms with E-state index >= 15 is 0 Å². The molecule has 0 rings (SSSR count). The molecule has 0 aromatic heterocycles. The Hall–Kier alpha value is 0.650. The summed E-state index contributed by atoms with van der Waals surface area (Å²) in [5.41, 5.74) is 0.731. The summed E-state index contributed by atoms with van der Waals surface area (Å²) in [6.07, 6.45) is 2.45. The van der Waals surface area contributed by atoms with Crippen LogP contribution in [0.2, 0.25) is 0 Å². The third kappa shape index (κ3) is 10.3. The second kappa shape index (κ2) is 7.29. The lowest BCUT2D eigenvalue weighted by Gasteiger charge is -2.36. The van der Waals surface area contributed by atoms with E-state index < -0.39 is 0 Å². The fourth-order valence-corrected chi connectivity index (χ4v) is 2.21. The molecule has 0 aromatic carbocycles. The number of nitrogens with one attached hydrogen (secondary N) is 1. The molecular weight excluding hydrogens is 323 g/mol. The van der Waals surface area contributed by atoms with Crippen molar-refractivity contribution in [2.24, 2.45) is 10.8 Å². The Morgan fingerprint density at radius 3 is 2.00 bits per heavy atom. The van der Waals surface area contributed by atoms with Crippen molar-refractivity contribution in [3.63, 3.8) is 0 Å². The number of hydrogen-bond acceptors (Lipinski definition) is 2. The van der Waals surface area contributed by atoms with Crippen LogP contribution in [0.1, 0.15) is 54.4 Å². The number of hydrogen-bond donors (Lipinski definition) is 1. The smallest absolute Gasteiger partial charge is 0.0198 e. The largest absolute Gasteiger partial charge is 0.313 e. The summed E-state index contributed by atoms with van der Waals surface area (Å²) in [5, 5.41) is 3.74. The van der Waals surface area contributed by atoms with Gasteiger partial charge in [0.05, 0.1) is 0 Å². The average Bonchev–Trinajstić information content (AvgIpc) is 2.06. The Labute approximate surface area is 122 Å². The molecule has 1 N–H and O–H groups in total. The molecule has 0 spiro atoms. The molecule has 0 aliphatic rings. The Morgan fingerprint density at radius 2 is 1.65 bits per heavy atom. The zero-order chi connectivity index (χ0) is 13.7. The molecule has 0 amide bonds. The fraction of sp³-hybridized carbons (Fsp3) is 1.00. The van der Waals surface area contributed by atoms with Gasteiger partial charge < -0.3 is 5.32 Å². The zero-order valence-electron chi connectivity index (χ0n) is 12.7. The first-order valence-corrected chi connectivity index (χ1v) is 7.59. The highest BCUT2D eigenvalue weighted by Crippen LogP contribution is 2.30. The van der Waals surface area contributed by atoms with Crippen LogP contribution in [0.25, 0.3) is 0 Å². The highest BCUT2D eigenvalue weighted by molar-refractivity contribution is 14.1. The molecule has 0 heterocycles. The lowest BCUT2D eigenvalue weighted by Crippen LogP contribution is -2.43. The summed E-state index contributed by atoms with van der Waals surface area (Å²) >= 11 is 2.34. The maximum Gasteiger partial charge on any atom is 0.0198 e. The first-order valence-electron chi connectivity index (χ1n) is 6.63. The van der Waals surface area contributed by atoms with Crippen molar-refractivity contribution in [1.29, 1.82) is 0 Å². The van der Waals surface area contributed by atoms with Gasteiger partial charge in [0.25, 0.3) is 0 Å². The molecule has 2 nitrogen and oxygen atoms in total. The molecule has 1 atom stereocenters. The third-order valence-electron chi connectivity index (χ3n) is 2.90. The minimum Gasteiger partial charge on any atom is -0.313 e. The van der Waals surface area contributed by atoms with Crippen molar-refractivity contribution in [2.75, 3.05) is 20.1 Å². The van der Waals surface area contributed by atoms with Crippen LogP contribution >= 0.6 is 22.9 Å². The molecule has 0 aromatic rings. The van der Waals surface area contributed by atoms with Crippen molar-refractivity contribution in [2.45, 2.75) is 60.4 Å². The molecule has 0 aliphatic carbocycles. The van der Waals surface area contributed by atoms with E-state index in [2.05, 4.69) is 79.9 Å². The molecule has 3 heteroatoms. The normalized spacial score (nSPS) is 15.4. The standard InChI is InChI=1S/C14H31IN2/c1-13(2,3)11-12(14(4,5)6)16-9-8-10-17(7)15/h12,16H,8-11H2,1-7H3. The molecule has 0 bridgehead atoms. The van der Waals surface area contributed by atoms with Gasteiger partial charge in [-0.25, -0.2) is 0 Å². The SMILES string of the molecule is CN(I)CCCNC(CC(C)(C)C)C(C)(C)C. The van der Waals surface area contributed by atoms with Gasteiger partial charge in [-0.05, 0) is 37.3 Å². The number of halogens is 1. The molecule has 104 valence electrons. The fourth-order valence-electron chi connectivity index (χ4n) is 1.87. The summed E-state index contributed by atoms with van der Waals surface area (Å²) in [6.45, 7) is 16.2. The molecule has 0 saturated heterocycles. The van der Waals surface area contributed by atoms with E-state index in [4.69, 9.17) is 0 Å². The second-order valence-corrected chi connectivity index (χ2v) is 8.97. The summed E-state index contributed by atoms with van der Waals surface area (Å²) in [4.78, 5) is 0. The van der Waals surface area contributed by atoms with Crippen molar-refractivity contribution in [3.8, 4) is 0 Å². The van der Waals surface area contributed by atoms with Crippen LogP contribution in [0, 0.1) is 10.8 Å². The zero-order valence-corrected chi connectivity index (χ0v) is 14.9. The Kier molecular flexibility index (Phi) is 7.57. The first kappa shape index (κ1) is 17.6. The summed E-state index contributed by atoms with van der Waals surface area (Å²) < 4.78 is 2.22. The maximum atomic E-state index is 3.74. The molecular formula is C14H31IN2. The van der Waals surface area contributed by atoms with E-state index in [0.29, 0.717) is 16.9 Å². The van der Waals surface area contributed by atoms with Gasteiger partial charge >= 0.3 is 0 Å². The van der Waals surface area contributed by atoms with E-state index in [-0.39, 0.29) is 0 Å². The Balaban J connectivity index is 4.14. The van der Waals surface area contributed by atoms with Crippen LogP contribution in [0.15, 0.2) is 0 Å². The van der Waals surface area contributed by atoms with Crippen LogP contribution in [-0.4, -0.2) is 29.3 Å². The quantitative estimate of drug-likeness (QED) is 0.439. The summed E-state index contributed by atoms with van der Waals surface area (Å²) in [6, 6.07) is 0.599. The predicted molar refractivity (Wildman–Crippen MR) is 86.6 cm³/mol. The molecule has 0 aliphatic heterocycles. The van der Waals surface area contributed by atoms with Gasteiger partial charge in [-0.15, -0.1) is 0 Å². The minimum absolute atomic E-state index is 0.337. The second-order valence-electron chi connectivity index (χ2n) is 7.32. The lowest BCUT2D eigenvalue weighted by molar-refractivity contribution is 0.194. The van der Waals surface area contributed by atoms with E-state index in [0.717, 1.165) is 13.1 Å². The van der Waals surface area contributed by atoms with Crippen molar-refractivity contribution in [1.82, 2.24) is 8.43 Å². The number of rotatable bonds is 6. The molecule has 0 radical (unpaired) electrons. The summed E-state index contributed by atoms with van der Waals surface area (Å²) in [7, 11) is 2.12. The molecule has 0 fully saturated rings. The Bertz CT molecular complexity index is 201. The van der Waals surface area contributed by atoms with Crippen molar-refractivity contribution in [3.05, 3.63) is 0 Å². The van der Waals surface area contributed by atoms with Gasteiger partial charge in [0, 0.05) is 35.5 Å². The van der Waals surface area contributed by atoms with Gasteiger partial charge in [-0.3, -0.25) is 3.11 Å². The van der Waals surface area contributed by atoms with Crippen molar-refractivity contribution < 1.29 is 0 Å². The van der Waals surface area contributed by atoms with Crippen LogP contribution in [-0.2, 0) is 0 Å². The van der Waals surface area contributed by atoms with E-state index in [1.807, 2.05) is 0 Å². The van der Waals surface area contributed by atoms with Crippen LogP contribution < -0.4 is 5.32 Å². The Morgan fingerprint density at radius 1 is 1.12 bits per heavy atom.